The van der Waals surface area contributed by atoms with Crippen LogP contribution in [-0.2, 0) is 4.79 Å². The second-order valence-corrected chi connectivity index (χ2v) is 7.74. The van der Waals surface area contributed by atoms with Gasteiger partial charge in [0.25, 0.3) is 18.8 Å². The Bertz CT molecular complexity index is 1010. The molecule has 180 valence electrons. The van der Waals surface area contributed by atoms with E-state index >= 15 is 0 Å². The fourth-order valence-corrected chi connectivity index (χ4v) is 3.76. The molecule has 12 heteroatoms. The van der Waals surface area contributed by atoms with E-state index in [4.69, 9.17) is 5.73 Å². The second-order valence-electron chi connectivity index (χ2n) is 7.74. The molecule has 5 N–H and O–H groups in total. The number of nitrogens with two attached hydrogens (primary N) is 1. The third-order valence-corrected chi connectivity index (χ3v) is 5.36. The third-order valence-electron chi connectivity index (χ3n) is 5.36. The number of aliphatic imine (C=N–C) groups is 1. The lowest BCUT2D eigenvalue weighted by Gasteiger charge is -2.30. The maximum absolute atomic E-state index is 13.0. The first-order valence-corrected chi connectivity index (χ1v) is 10.6. The lowest BCUT2D eigenvalue weighted by atomic mass is 9.91. The van der Waals surface area contributed by atoms with Crippen LogP contribution in [-0.4, -0.2) is 53.2 Å². The molecule has 33 heavy (non-hydrogen) atoms. The Balaban J connectivity index is 1.57. The Morgan fingerprint density at radius 3 is 2.58 bits per heavy atom. The normalized spacial score (nSPS) is 19.8. The zero-order valence-electron chi connectivity index (χ0n) is 18.1. The number of carbonyl (C=O) groups is 1. The number of carbonyl (C=O) groups excluding carboxylic acids is 1. The molecule has 1 amide bonds. The molecule has 0 saturated heterocycles. The SMILES string of the molecule is CN/C=C(/C(=O)NC1CCC(Nc2cccc3nc(C(F)F)cn23)CC1)C(N)=NCC(F)F. The lowest BCUT2D eigenvalue weighted by Crippen LogP contribution is -2.43. The standard InChI is InChI=1S/C21H27F4N7O/c1-27-9-14(20(26)28-10-16(22)23)21(33)30-13-7-5-12(6-8-13)29-17-3-2-4-18-31-15(19(24)25)11-32(17)18/h2-4,9,11-13,16,19,27,29H,5-8,10H2,1H3,(H2,26,28)(H,30,33)/b14-9+. The molecule has 8 nitrogen and oxygen atoms in total. The topological polar surface area (TPSA) is 109 Å². The number of hydrogen-bond acceptors (Lipinski definition) is 5. The minimum atomic E-state index is -2.65. The number of amides is 1. The lowest BCUT2D eigenvalue weighted by molar-refractivity contribution is -0.117. The van der Waals surface area contributed by atoms with Gasteiger partial charge in [-0.1, -0.05) is 6.07 Å². The Kier molecular flexibility index (Phi) is 8.12. The van der Waals surface area contributed by atoms with Crippen LogP contribution in [0.3, 0.4) is 0 Å². The monoisotopic (exact) mass is 469 g/mol. The quantitative estimate of drug-likeness (QED) is 0.196. The minimum absolute atomic E-state index is 0.0000169. The largest absolute Gasteiger partial charge is 0.393 e. The first-order valence-electron chi connectivity index (χ1n) is 10.6. The smallest absolute Gasteiger partial charge is 0.281 e. The van der Waals surface area contributed by atoms with Crippen molar-refractivity contribution in [2.24, 2.45) is 10.7 Å². The van der Waals surface area contributed by atoms with Crippen molar-refractivity contribution in [3.63, 3.8) is 0 Å². The Labute approximate surface area is 188 Å². The van der Waals surface area contributed by atoms with Gasteiger partial charge in [-0.25, -0.2) is 22.5 Å². The number of nitrogens with zero attached hydrogens (tertiary/aromatic N) is 3. The summed E-state index contributed by atoms with van der Waals surface area (Å²) in [7, 11) is 1.57. The van der Waals surface area contributed by atoms with E-state index in [1.165, 1.54) is 12.4 Å². The van der Waals surface area contributed by atoms with Gasteiger partial charge in [0, 0.05) is 31.5 Å². The number of rotatable bonds is 9. The van der Waals surface area contributed by atoms with Gasteiger partial charge in [0.05, 0.1) is 5.57 Å². The Morgan fingerprint density at radius 1 is 1.24 bits per heavy atom. The van der Waals surface area contributed by atoms with E-state index in [-0.39, 0.29) is 29.2 Å². The average Bonchev–Trinajstić information content (AvgIpc) is 3.23. The van der Waals surface area contributed by atoms with E-state index in [2.05, 4.69) is 25.9 Å². The van der Waals surface area contributed by atoms with Crippen LogP contribution in [0.25, 0.3) is 5.65 Å². The molecule has 1 aliphatic carbocycles. The molecular formula is C21H27F4N7O. The van der Waals surface area contributed by atoms with E-state index in [1.54, 1.807) is 29.6 Å². The van der Waals surface area contributed by atoms with Crippen molar-refractivity contribution < 1.29 is 22.4 Å². The molecule has 0 radical (unpaired) electrons. The number of alkyl halides is 4. The van der Waals surface area contributed by atoms with Crippen LogP contribution in [0.2, 0.25) is 0 Å². The highest BCUT2D eigenvalue weighted by molar-refractivity contribution is 6.20. The summed E-state index contributed by atoms with van der Waals surface area (Å²) in [5.74, 6) is -0.0743. The summed E-state index contributed by atoms with van der Waals surface area (Å²) in [5.41, 5.74) is 5.87. The molecule has 0 spiro atoms. The summed E-state index contributed by atoms with van der Waals surface area (Å²) < 4.78 is 52.4. The van der Waals surface area contributed by atoms with Crippen molar-refractivity contribution in [3.05, 3.63) is 41.9 Å². The van der Waals surface area contributed by atoms with Crippen molar-refractivity contribution in [1.29, 1.82) is 0 Å². The van der Waals surface area contributed by atoms with Gasteiger partial charge in [-0.05, 0) is 37.8 Å². The predicted molar refractivity (Wildman–Crippen MR) is 118 cm³/mol. The first kappa shape index (κ1) is 24.3. The van der Waals surface area contributed by atoms with E-state index < -0.39 is 25.3 Å². The summed E-state index contributed by atoms with van der Waals surface area (Å²) in [6.07, 6.45) is 0.165. The van der Waals surface area contributed by atoms with Crippen molar-refractivity contribution in [1.82, 2.24) is 20.0 Å². The first-order chi connectivity index (χ1) is 15.8. The van der Waals surface area contributed by atoms with Gasteiger partial charge >= 0.3 is 0 Å². The molecule has 0 aliphatic heterocycles. The van der Waals surface area contributed by atoms with Crippen LogP contribution < -0.4 is 21.7 Å². The number of imidazole rings is 1. The maximum atomic E-state index is 13.0. The van der Waals surface area contributed by atoms with Crippen LogP contribution in [0.1, 0.15) is 37.8 Å². The molecule has 1 aliphatic rings. The maximum Gasteiger partial charge on any atom is 0.281 e. The molecular weight excluding hydrogens is 442 g/mol. The van der Waals surface area contributed by atoms with Crippen LogP contribution in [0, 0.1) is 0 Å². The van der Waals surface area contributed by atoms with Gasteiger partial charge in [0.15, 0.2) is 0 Å². The molecule has 2 aromatic heterocycles. The summed E-state index contributed by atoms with van der Waals surface area (Å²) >= 11 is 0. The summed E-state index contributed by atoms with van der Waals surface area (Å²) in [5, 5.41) is 8.93. The third kappa shape index (κ3) is 6.36. The molecule has 0 aromatic carbocycles. The molecule has 0 bridgehead atoms. The van der Waals surface area contributed by atoms with E-state index in [0.29, 0.717) is 24.3 Å². The highest BCUT2D eigenvalue weighted by atomic mass is 19.3. The average molecular weight is 469 g/mol. The molecule has 1 saturated carbocycles. The number of fused-ring (bicyclic) bond motifs is 1. The highest BCUT2D eigenvalue weighted by Crippen LogP contribution is 2.25. The molecule has 2 heterocycles. The van der Waals surface area contributed by atoms with Crippen molar-refractivity contribution in [2.75, 3.05) is 18.9 Å². The van der Waals surface area contributed by atoms with Crippen molar-refractivity contribution in [3.8, 4) is 0 Å². The summed E-state index contributed by atoms with van der Waals surface area (Å²) in [4.78, 5) is 20.1. The molecule has 3 rings (SSSR count). The van der Waals surface area contributed by atoms with Gasteiger partial charge in [0.1, 0.15) is 29.5 Å². The van der Waals surface area contributed by atoms with E-state index in [1.807, 2.05) is 0 Å². The van der Waals surface area contributed by atoms with Gasteiger partial charge in [0.2, 0.25) is 0 Å². The van der Waals surface area contributed by atoms with Crippen LogP contribution in [0.4, 0.5) is 23.4 Å². The fraction of sp³-hybridized carbons (Fsp3) is 0.476. The molecule has 1 fully saturated rings. The summed E-state index contributed by atoms with van der Waals surface area (Å²) in [6, 6.07) is 5.19. The molecule has 0 unspecified atom stereocenters. The van der Waals surface area contributed by atoms with Gasteiger partial charge in [-0.3, -0.25) is 14.2 Å². The minimum Gasteiger partial charge on any atom is -0.393 e. The number of hydrogen-bond donors (Lipinski definition) is 4. The van der Waals surface area contributed by atoms with E-state index in [0.717, 1.165) is 12.8 Å². The molecule has 0 atom stereocenters. The Hall–Kier alpha value is -3.31. The van der Waals surface area contributed by atoms with Crippen LogP contribution >= 0.6 is 0 Å². The predicted octanol–water partition coefficient (Wildman–Crippen LogP) is 2.84. The summed E-state index contributed by atoms with van der Waals surface area (Å²) in [6.45, 7) is -0.778. The number of anilines is 1. The number of nitrogens with one attached hydrogen (secondary N) is 3. The van der Waals surface area contributed by atoms with Crippen LogP contribution in [0.5, 0.6) is 0 Å². The second kappa shape index (κ2) is 11.0. The van der Waals surface area contributed by atoms with Gasteiger partial charge in [-0.2, -0.15) is 0 Å². The fourth-order valence-electron chi connectivity index (χ4n) is 3.76. The number of halogens is 4. The Morgan fingerprint density at radius 2 is 1.94 bits per heavy atom. The van der Waals surface area contributed by atoms with Crippen molar-refractivity contribution >= 4 is 23.2 Å². The van der Waals surface area contributed by atoms with Gasteiger partial charge < -0.3 is 21.7 Å². The zero-order valence-corrected chi connectivity index (χ0v) is 18.1. The van der Waals surface area contributed by atoms with Crippen molar-refractivity contribution in [2.45, 2.75) is 50.6 Å². The van der Waals surface area contributed by atoms with Crippen LogP contribution in [0.15, 0.2) is 41.2 Å². The number of pyridine rings is 1. The highest BCUT2D eigenvalue weighted by Gasteiger charge is 2.25. The zero-order chi connectivity index (χ0) is 24.0. The number of aromatic nitrogens is 2. The van der Waals surface area contributed by atoms with Gasteiger partial charge in [-0.15, -0.1) is 0 Å². The van der Waals surface area contributed by atoms with E-state index in [9.17, 15) is 22.4 Å². The number of amidine groups is 1. The molecule has 2 aromatic rings.